The zero-order chi connectivity index (χ0) is 18.4. The van der Waals surface area contributed by atoms with Gasteiger partial charge in [-0.05, 0) is 42.5 Å². The minimum atomic E-state index is -0.415. The maximum absolute atomic E-state index is 13.5. The van der Waals surface area contributed by atoms with Crippen LogP contribution in [0.3, 0.4) is 0 Å². The first kappa shape index (κ1) is 17.5. The number of anilines is 1. The van der Waals surface area contributed by atoms with E-state index in [4.69, 9.17) is 4.74 Å². The molecule has 6 heteroatoms. The van der Waals surface area contributed by atoms with E-state index in [1.807, 2.05) is 53.4 Å². The van der Waals surface area contributed by atoms with Crippen LogP contribution in [0.4, 0.5) is 14.9 Å². The summed E-state index contributed by atoms with van der Waals surface area (Å²) >= 11 is 0. The lowest BCUT2D eigenvalue weighted by Crippen LogP contribution is -2.34. The highest BCUT2D eigenvalue weighted by Gasteiger charge is 2.10. The van der Waals surface area contributed by atoms with Gasteiger partial charge in [0.1, 0.15) is 6.61 Å². The Morgan fingerprint density at radius 2 is 1.88 bits per heavy atom. The van der Waals surface area contributed by atoms with E-state index in [2.05, 4.69) is 5.32 Å². The van der Waals surface area contributed by atoms with Crippen LogP contribution in [-0.4, -0.2) is 35.7 Å². The van der Waals surface area contributed by atoms with Crippen molar-refractivity contribution in [2.75, 3.05) is 25.5 Å². The molecule has 5 nitrogen and oxygen atoms in total. The number of nitrogens with one attached hydrogen (secondary N) is 1. The van der Waals surface area contributed by atoms with E-state index < -0.39 is 5.82 Å². The molecule has 1 N–H and O–H groups in total. The zero-order valence-electron chi connectivity index (χ0n) is 14.4. The second-order valence-electron chi connectivity index (χ2n) is 5.77. The fourth-order valence-corrected chi connectivity index (χ4v) is 2.43. The molecule has 1 aromatic heterocycles. The predicted molar refractivity (Wildman–Crippen MR) is 99.3 cm³/mol. The average molecular weight is 353 g/mol. The number of halogens is 1. The molecule has 0 radical (unpaired) electrons. The second-order valence-corrected chi connectivity index (χ2v) is 5.77. The number of carbonyl (C=O) groups is 1. The number of likely N-dealkylation sites (N-methyl/N-ethyl adjacent to an activating group) is 1. The first-order valence-electron chi connectivity index (χ1n) is 8.26. The van der Waals surface area contributed by atoms with Crippen LogP contribution in [0.25, 0.3) is 5.69 Å². The quantitative estimate of drug-likeness (QED) is 0.723. The van der Waals surface area contributed by atoms with Crippen LogP contribution < -0.4 is 10.1 Å². The Balaban J connectivity index is 1.53. The smallest absolute Gasteiger partial charge is 0.321 e. The summed E-state index contributed by atoms with van der Waals surface area (Å²) in [5.41, 5.74) is 1.65. The van der Waals surface area contributed by atoms with Gasteiger partial charge in [-0.25, -0.2) is 9.18 Å². The van der Waals surface area contributed by atoms with Gasteiger partial charge >= 0.3 is 6.03 Å². The number of ether oxygens (including phenoxy) is 1. The number of carbonyl (C=O) groups excluding carboxylic acids is 1. The van der Waals surface area contributed by atoms with E-state index in [0.717, 1.165) is 5.69 Å². The van der Waals surface area contributed by atoms with Crippen LogP contribution >= 0.6 is 0 Å². The number of amides is 2. The van der Waals surface area contributed by atoms with Crippen molar-refractivity contribution in [3.8, 4) is 11.4 Å². The molecule has 2 aromatic carbocycles. The van der Waals surface area contributed by atoms with Crippen molar-refractivity contribution in [1.82, 2.24) is 9.47 Å². The van der Waals surface area contributed by atoms with Crippen molar-refractivity contribution in [2.45, 2.75) is 0 Å². The Labute approximate surface area is 151 Å². The highest BCUT2D eigenvalue weighted by molar-refractivity contribution is 5.89. The SMILES string of the molecule is CN(CCOc1ccccc1F)C(=O)Nc1cccc(-n2cccc2)c1. The van der Waals surface area contributed by atoms with Gasteiger partial charge in [-0.1, -0.05) is 18.2 Å². The first-order chi connectivity index (χ1) is 12.6. The molecule has 3 aromatic rings. The summed E-state index contributed by atoms with van der Waals surface area (Å²) in [6.07, 6.45) is 3.88. The molecule has 0 aliphatic carbocycles. The van der Waals surface area contributed by atoms with Gasteiger partial charge in [0, 0.05) is 30.8 Å². The van der Waals surface area contributed by atoms with Gasteiger partial charge in [-0.2, -0.15) is 0 Å². The topological polar surface area (TPSA) is 46.5 Å². The van der Waals surface area contributed by atoms with Crippen molar-refractivity contribution < 1.29 is 13.9 Å². The van der Waals surface area contributed by atoms with Gasteiger partial charge in [0.05, 0.1) is 6.54 Å². The standard InChI is InChI=1S/C20H20FN3O2/c1-23(13-14-26-19-10-3-2-9-18(19)21)20(25)22-16-7-6-8-17(15-16)24-11-4-5-12-24/h2-12,15H,13-14H2,1H3,(H,22,25). The summed E-state index contributed by atoms with van der Waals surface area (Å²) in [6, 6.07) is 17.4. The average Bonchev–Trinajstić information content (AvgIpc) is 3.18. The zero-order valence-corrected chi connectivity index (χ0v) is 14.4. The maximum Gasteiger partial charge on any atom is 0.321 e. The molecule has 0 aliphatic heterocycles. The third-order valence-electron chi connectivity index (χ3n) is 3.87. The van der Waals surface area contributed by atoms with Crippen molar-refractivity contribution >= 4 is 11.7 Å². The van der Waals surface area contributed by atoms with E-state index in [0.29, 0.717) is 12.2 Å². The molecule has 3 rings (SSSR count). The Hall–Kier alpha value is -3.28. The summed E-state index contributed by atoms with van der Waals surface area (Å²) in [4.78, 5) is 13.8. The summed E-state index contributed by atoms with van der Waals surface area (Å²) in [6.45, 7) is 0.533. The van der Waals surface area contributed by atoms with Gasteiger partial charge < -0.3 is 19.5 Å². The molecule has 0 unspecified atom stereocenters. The highest BCUT2D eigenvalue weighted by atomic mass is 19.1. The molecule has 0 atom stereocenters. The van der Waals surface area contributed by atoms with E-state index in [1.165, 1.54) is 11.0 Å². The predicted octanol–water partition coefficient (Wildman–Crippen LogP) is 4.16. The molecule has 1 heterocycles. The van der Waals surface area contributed by atoms with Crippen molar-refractivity contribution in [3.63, 3.8) is 0 Å². The Kier molecular flexibility index (Phi) is 5.53. The van der Waals surface area contributed by atoms with Crippen LogP contribution in [-0.2, 0) is 0 Å². The van der Waals surface area contributed by atoms with Gasteiger partial charge in [0.2, 0.25) is 0 Å². The fourth-order valence-electron chi connectivity index (χ4n) is 2.43. The molecule has 0 fully saturated rings. The Morgan fingerprint density at radius 3 is 2.65 bits per heavy atom. The molecule has 0 saturated carbocycles. The van der Waals surface area contributed by atoms with Crippen LogP contribution in [0.2, 0.25) is 0 Å². The summed E-state index contributed by atoms with van der Waals surface area (Å²) < 4.78 is 20.8. The molecule has 0 aliphatic rings. The Morgan fingerprint density at radius 1 is 1.12 bits per heavy atom. The number of nitrogens with zero attached hydrogens (tertiary/aromatic N) is 2. The van der Waals surface area contributed by atoms with Gasteiger partial charge in [-0.3, -0.25) is 0 Å². The molecule has 0 bridgehead atoms. The molecule has 0 spiro atoms. The minimum Gasteiger partial charge on any atom is -0.489 e. The highest BCUT2D eigenvalue weighted by Crippen LogP contribution is 2.16. The number of hydrogen-bond acceptors (Lipinski definition) is 2. The second kappa shape index (κ2) is 8.20. The monoisotopic (exact) mass is 353 g/mol. The van der Waals surface area contributed by atoms with E-state index in [1.54, 1.807) is 25.2 Å². The van der Waals surface area contributed by atoms with E-state index in [9.17, 15) is 9.18 Å². The molecular weight excluding hydrogens is 333 g/mol. The van der Waals surface area contributed by atoms with Crippen LogP contribution in [0, 0.1) is 5.82 Å². The molecular formula is C20H20FN3O2. The summed E-state index contributed by atoms with van der Waals surface area (Å²) in [7, 11) is 1.66. The normalized spacial score (nSPS) is 10.4. The number of hydrogen-bond donors (Lipinski definition) is 1. The van der Waals surface area contributed by atoms with Crippen LogP contribution in [0.1, 0.15) is 0 Å². The number of para-hydroxylation sites is 1. The summed E-state index contributed by atoms with van der Waals surface area (Å²) in [5, 5.41) is 2.85. The molecule has 134 valence electrons. The van der Waals surface area contributed by atoms with Crippen LogP contribution in [0.15, 0.2) is 73.1 Å². The van der Waals surface area contributed by atoms with E-state index >= 15 is 0 Å². The maximum atomic E-state index is 13.5. The Bertz CT molecular complexity index is 865. The number of aromatic nitrogens is 1. The molecule has 26 heavy (non-hydrogen) atoms. The van der Waals surface area contributed by atoms with E-state index in [-0.39, 0.29) is 18.4 Å². The van der Waals surface area contributed by atoms with Crippen molar-refractivity contribution in [2.24, 2.45) is 0 Å². The molecule has 0 saturated heterocycles. The van der Waals surface area contributed by atoms with Gasteiger partial charge in [-0.15, -0.1) is 0 Å². The number of rotatable bonds is 6. The van der Waals surface area contributed by atoms with Crippen molar-refractivity contribution in [1.29, 1.82) is 0 Å². The van der Waals surface area contributed by atoms with Gasteiger partial charge in [0.15, 0.2) is 11.6 Å². The third kappa shape index (κ3) is 4.42. The lowest BCUT2D eigenvalue weighted by molar-refractivity contribution is 0.206. The fraction of sp³-hybridized carbons (Fsp3) is 0.150. The summed E-state index contributed by atoms with van der Waals surface area (Å²) in [5.74, 6) is -0.234. The van der Waals surface area contributed by atoms with Crippen LogP contribution in [0.5, 0.6) is 5.75 Å². The minimum absolute atomic E-state index is 0.181. The van der Waals surface area contributed by atoms with Crippen molar-refractivity contribution in [3.05, 3.63) is 78.9 Å². The largest absolute Gasteiger partial charge is 0.489 e. The first-order valence-corrected chi connectivity index (χ1v) is 8.26. The molecule has 2 amide bonds. The third-order valence-corrected chi connectivity index (χ3v) is 3.87. The lowest BCUT2D eigenvalue weighted by atomic mass is 10.2. The van der Waals surface area contributed by atoms with Gasteiger partial charge in [0.25, 0.3) is 0 Å². The number of urea groups is 1. The lowest BCUT2D eigenvalue weighted by Gasteiger charge is -2.18. The number of benzene rings is 2.